The summed E-state index contributed by atoms with van der Waals surface area (Å²) in [4.78, 5) is 16.3. The van der Waals surface area contributed by atoms with E-state index >= 15 is 0 Å². The Kier molecular flexibility index (Phi) is 5.38. The summed E-state index contributed by atoms with van der Waals surface area (Å²) in [5.41, 5.74) is 7.11. The average Bonchev–Trinajstić information content (AvgIpc) is 3.05. The van der Waals surface area contributed by atoms with Crippen molar-refractivity contribution in [2.75, 3.05) is 0 Å². The molecule has 2 aromatic carbocycles. The van der Waals surface area contributed by atoms with Gasteiger partial charge in [-0.3, -0.25) is 10.1 Å². The third kappa shape index (κ3) is 4.31. The minimum absolute atomic E-state index is 0.293. The van der Waals surface area contributed by atoms with Crippen LogP contribution in [0.3, 0.4) is 0 Å². The van der Waals surface area contributed by atoms with Crippen LogP contribution >= 0.6 is 0 Å². The quantitative estimate of drug-likeness (QED) is 0.680. The van der Waals surface area contributed by atoms with Gasteiger partial charge in [0.1, 0.15) is 11.9 Å². The lowest BCUT2D eigenvalue weighted by Crippen LogP contribution is -2.37. The molecule has 0 aliphatic rings. The van der Waals surface area contributed by atoms with E-state index in [0.717, 1.165) is 5.56 Å². The number of nitrogens with one attached hydrogen (secondary N) is 1. The molecule has 6 nitrogen and oxygen atoms in total. The molecule has 0 radical (unpaired) electrons. The van der Waals surface area contributed by atoms with Crippen LogP contribution in [0.25, 0.3) is 0 Å². The Morgan fingerprint density at radius 1 is 1.15 bits per heavy atom. The predicted octanol–water partition coefficient (Wildman–Crippen LogP) is 2.62. The molecule has 2 atom stereocenters. The topological polar surface area (TPSA) is 94.0 Å². The Hall–Kier alpha value is -3.06. The summed E-state index contributed by atoms with van der Waals surface area (Å²) in [7, 11) is 0. The molecule has 1 amide bonds. The Labute approximate surface area is 150 Å². The molecule has 0 aliphatic heterocycles. The van der Waals surface area contributed by atoms with Crippen molar-refractivity contribution < 1.29 is 13.7 Å². The maximum absolute atomic E-state index is 13.2. The second-order valence-electron chi connectivity index (χ2n) is 5.96. The maximum atomic E-state index is 13.2. The Bertz CT molecular complexity index is 865. The number of carbonyl (C=O) groups excluding carboxylic acids is 1. The molecule has 7 heteroatoms. The molecule has 134 valence electrons. The van der Waals surface area contributed by atoms with E-state index in [1.165, 1.54) is 24.3 Å². The second kappa shape index (κ2) is 7.88. The summed E-state index contributed by atoms with van der Waals surface area (Å²) in [6.45, 7) is 1.74. The minimum Gasteiger partial charge on any atom is -0.368 e. The highest BCUT2D eigenvalue weighted by Gasteiger charge is 2.24. The van der Waals surface area contributed by atoms with Gasteiger partial charge in [0.15, 0.2) is 5.82 Å². The first kappa shape index (κ1) is 17.8. The molecule has 2 unspecified atom stereocenters. The van der Waals surface area contributed by atoms with E-state index in [9.17, 15) is 9.18 Å². The average molecular weight is 354 g/mol. The molecule has 0 saturated heterocycles. The maximum Gasteiger partial charge on any atom is 0.239 e. The number of hydrogen-bond acceptors (Lipinski definition) is 5. The summed E-state index contributed by atoms with van der Waals surface area (Å²) in [5, 5.41) is 7.04. The largest absolute Gasteiger partial charge is 0.368 e. The van der Waals surface area contributed by atoms with Crippen molar-refractivity contribution >= 4 is 5.91 Å². The van der Waals surface area contributed by atoms with Gasteiger partial charge in [-0.1, -0.05) is 47.6 Å². The van der Waals surface area contributed by atoms with Crippen LogP contribution in [-0.4, -0.2) is 16.0 Å². The van der Waals surface area contributed by atoms with Gasteiger partial charge in [-0.2, -0.15) is 4.98 Å². The SMILES string of the molecule is Cc1noc(CC(NC(C(N)=O)c2ccc(F)cc2)c2ccccc2)n1. The van der Waals surface area contributed by atoms with Gasteiger partial charge in [-0.05, 0) is 30.2 Å². The van der Waals surface area contributed by atoms with Crippen molar-refractivity contribution in [3.05, 3.63) is 83.3 Å². The van der Waals surface area contributed by atoms with Crippen LogP contribution in [0.5, 0.6) is 0 Å². The number of halogens is 1. The number of amides is 1. The van der Waals surface area contributed by atoms with Gasteiger partial charge in [0.25, 0.3) is 0 Å². The van der Waals surface area contributed by atoms with Crippen molar-refractivity contribution in [1.29, 1.82) is 0 Å². The fraction of sp³-hybridized carbons (Fsp3) is 0.211. The normalized spacial score (nSPS) is 13.3. The molecular formula is C19H19FN4O2. The summed E-state index contributed by atoms with van der Waals surface area (Å²) < 4.78 is 18.4. The van der Waals surface area contributed by atoms with Crippen LogP contribution in [0.1, 0.15) is 34.9 Å². The molecule has 1 aromatic heterocycles. The van der Waals surface area contributed by atoms with E-state index < -0.39 is 11.9 Å². The number of hydrogen-bond donors (Lipinski definition) is 2. The van der Waals surface area contributed by atoms with Crippen molar-refractivity contribution in [3.63, 3.8) is 0 Å². The lowest BCUT2D eigenvalue weighted by molar-refractivity contribution is -0.120. The van der Waals surface area contributed by atoms with Crippen LogP contribution < -0.4 is 11.1 Å². The van der Waals surface area contributed by atoms with Crippen LogP contribution in [0.15, 0.2) is 59.1 Å². The van der Waals surface area contributed by atoms with Crippen LogP contribution in [0, 0.1) is 12.7 Å². The summed E-state index contributed by atoms with van der Waals surface area (Å²) in [6.07, 6.45) is 0.385. The number of rotatable bonds is 7. The second-order valence-corrected chi connectivity index (χ2v) is 5.96. The molecule has 3 aromatic rings. The van der Waals surface area contributed by atoms with E-state index in [-0.39, 0.29) is 11.9 Å². The fourth-order valence-electron chi connectivity index (χ4n) is 2.75. The third-order valence-electron chi connectivity index (χ3n) is 4.01. The molecular weight excluding hydrogens is 335 g/mol. The Balaban J connectivity index is 1.89. The number of aromatic nitrogens is 2. The highest BCUT2D eigenvalue weighted by atomic mass is 19.1. The molecule has 0 spiro atoms. The first-order chi connectivity index (χ1) is 12.5. The number of nitrogens with two attached hydrogens (primary N) is 1. The van der Waals surface area contributed by atoms with Crippen LogP contribution in [0.2, 0.25) is 0 Å². The van der Waals surface area contributed by atoms with Gasteiger partial charge in [-0.15, -0.1) is 0 Å². The molecule has 1 heterocycles. The van der Waals surface area contributed by atoms with Crippen LogP contribution in [-0.2, 0) is 11.2 Å². The van der Waals surface area contributed by atoms with Crippen molar-refractivity contribution in [2.24, 2.45) is 5.73 Å². The molecule has 3 rings (SSSR count). The monoisotopic (exact) mass is 354 g/mol. The first-order valence-corrected chi connectivity index (χ1v) is 8.18. The fourth-order valence-corrected chi connectivity index (χ4v) is 2.75. The molecule has 0 bridgehead atoms. The number of carbonyl (C=O) groups is 1. The summed E-state index contributed by atoms with van der Waals surface area (Å²) in [6, 6.07) is 14.2. The van der Waals surface area contributed by atoms with Gasteiger partial charge in [0.2, 0.25) is 11.8 Å². The van der Waals surface area contributed by atoms with E-state index in [1.54, 1.807) is 6.92 Å². The van der Waals surface area contributed by atoms with Crippen molar-refractivity contribution in [3.8, 4) is 0 Å². The molecule has 0 saturated carbocycles. The Morgan fingerprint density at radius 3 is 2.42 bits per heavy atom. The van der Waals surface area contributed by atoms with Crippen molar-refractivity contribution in [1.82, 2.24) is 15.5 Å². The summed E-state index contributed by atoms with van der Waals surface area (Å²) in [5.74, 6) is 0.0557. The van der Waals surface area contributed by atoms with E-state index in [1.807, 2.05) is 30.3 Å². The van der Waals surface area contributed by atoms with Gasteiger partial charge in [0, 0.05) is 12.5 Å². The van der Waals surface area contributed by atoms with Gasteiger partial charge in [0.05, 0.1) is 0 Å². The molecule has 26 heavy (non-hydrogen) atoms. The highest BCUT2D eigenvalue weighted by molar-refractivity contribution is 5.81. The van der Waals surface area contributed by atoms with E-state index in [4.69, 9.17) is 10.3 Å². The molecule has 3 N–H and O–H groups in total. The predicted molar refractivity (Wildman–Crippen MR) is 93.4 cm³/mol. The number of primary amides is 1. The standard InChI is InChI=1S/C19H19FN4O2/c1-12-22-17(26-24-12)11-16(13-5-3-2-4-6-13)23-18(19(21)25)14-7-9-15(20)10-8-14/h2-10,16,18,23H,11H2,1H3,(H2,21,25). The smallest absolute Gasteiger partial charge is 0.239 e. The lowest BCUT2D eigenvalue weighted by Gasteiger charge is -2.24. The number of aryl methyl sites for hydroxylation is 1. The molecule has 0 fully saturated rings. The van der Waals surface area contributed by atoms with E-state index in [0.29, 0.717) is 23.7 Å². The Morgan fingerprint density at radius 2 is 1.85 bits per heavy atom. The minimum atomic E-state index is -0.787. The van der Waals surface area contributed by atoms with Gasteiger partial charge < -0.3 is 10.3 Å². The summed E-state index contributed by atoms with van der Waals surface area (Å²) >= 11 is 0. The van der Waals surface area contributed by atoms with Crippen LogP contribution in [0.4, 0.5) is 4.39 Å². The number of nitrogens with zero attached hydrogens (tertiary/aromatic N) is 2. The zero-order chi connectivity index (χ0) is 18.5. The van der Waals surface area contributed by atoms with Crippen molar-refractivity contribution in [2.45, 2.75) is 25.4 Å². The zero-order valence-electron chi connectivity index (χ0n) is 14.2. The highest BCUT2D eigenvalue weighted by Crippen LogP contribution is 2.23. The van der Waals surface area contributed by atoms with Gasteiger partial charge >= 0.3 is 0 Å². The van der Waals surface area contributed by atoms with E-state index in [2.05, 4.69) is 15.5 Å². The molecule has 0 aliphatic carbocycles. The zero-order valence-corrected chi connectivity index (χ0v) is 14.2. The third-order valence-corrected chi connectivity index (χ3v) is 4.01. The lowest BCUT2D eigenvalue weighted by atomic mass is 9.99. The number of benzene rings is 2. The van der Waals surface area contributed by atoms with Gasteiger partial charge in [-0.25, -0.2) is 4.39 Å². The first-order valence-electron chi connectivity index (χ1n) is 8.18.